The van der Waals surface area contributed by atoms with Crippen LogP contribution in [0.25, 0.3) is 0 Å². The fourth-order valence-electron chi connectivity index (χ4n) is 1.67. The zero-order valence-corrected chi connectivity index (χ0v) is 12.8. The molecule has 7 heteroatoms. The minimum Gasteiger partial charge on any atom is -0.478 e. The van der Waals surface area contributed by atoms with E-state index in [0.717, 1.165) is 17.7 Å². The van der Waals surface area contributed by atoms with Gasteiger partial charge in [0.1, 0.15) is 12.4 Å². The van der Waals surface area contributed by atoms with Crippen LogP contribution in [-0.2, 0) is 11.3 Å². The molecule has 2 aromatic rings. The first-order chi connectivity index (χ1) is 10.5. The summed E-state index contributed by atoms with van der Waals surface area (Å²) >= 11 is 2.95. The fraction of sp³-hybridized carbons (Fsp3) is 0.0667. The predicted molar refractivity (Wildman–Crippen MR) is 81.3 cm³/mol. The van der Waals surface area contributed by atoms with Gasteiger partial charge < -0.3 is 9.84 Å². The lowest BCUT2D eigenvalue weighted by molar-refractivity contribution is 0.0696. The highest BCUT2D eigenvalue weighted by Crippen LogP contribution is 2.27. The standard InChI is InChI=1S/C15H11BrFNO4/c16-13-11(17)6-10(14(19)20)7-12(13)18-15(21)22-8-9-4-2-1-3-5-9/h1-7H,8H2,(H,18,21)(H,19,20). The minimum atomic E-state index is -1.30. The third-order valence-electron chi connectivity index (χ3n) is 2.72. The number of nitrogens with one attached hydrogen (secondary N) is 1. The van der Waals surface area contributed by atoms with Crippen LogP contribution in [0.3, 0.4) is 0 Å². The van der Waals surface area contributed by atoms with Gasteiger partial charge in [0.25, 0.3) is 0 Å². The number of benzene rings is 2. The fourth-order valence-corrected chi connectivity index (χ4v) is 2.00. The number of carbonyl (C=O) groups excluding carboxylic acids is 1. The van der Waals surface area contributed by atoms with Gasteiger partial charge in [-0.1, -0.05) is 30.3 Å². The Bertz CT molecular complexity index is 706. The maximum atomic E-state index is 13.6. The van der Waals surface area contributed by atoms with Gasteiger partial charge in [-0.15, -0.1) is 0 Å². The molecule has 0 radical (unpaired) electrons. The molecule has 2 rings (SSSR count). The summed E-state index contributed by atoms with van der Waals surface area (Å²) in [5.74, 6) is -2.09. The Morgan fingerprint density at radius 2 is 1.91 bits per heavy atom. The van der Waals surface area contributed by atoms with Crippen molar-refractivity contribution in [1.29, 1.82) is 0 Å². The largest absolute Gasteiger partial charge is 0.478 e. The second-order valence-electron chi connectivity index (χ2n) is 4.31. The molecule has 0 heterocycles. The third kappa shape index (κ3) is 4.05. The summed E-state index contributed by atoms with van der Waals surface area (Å²) < 4.78 is 18.5. The number of halogens is 2. The number of rotatable bonds is 4. The average Bonchev–Trinajstić information content (AvgIpc) is 2.50. The SMILES string of the molecule is O=C(Nc1cc(C(=O)O)cc(F)c1Br)OCc1ccccc1. The van der Waals surface area contributed by atoms with Crippen molar-refractivity contribution < 1.29 is 23.8 Å². The molecule has 0 aliphatic heterocycles. The van der Waals surface area contributed by atoms with E-state index < -0.39 is 17.9 Å². The number of carboxylic acid groups (broad SMARTS) is 1. The molecule has 0 atom stereocenters. The van der Waals surface area contributed by atoms with Crippen LogP contribution in [-0.4, -0.2) is 17.2 Å². The second-order valence-corrected chi connectivity index (χ2v) is 5.10. The van der Waals surface area contributed by atoms with Gasteiger partial charge in [-0.05, 0) is 33.6 Å². The third-order valence-corrected chi connectivity index (χ3v) is 3.53. The molecule has 0 aliphatic rings. The van der Waals surface area contributed by atoms with Gasteiger partial charge in [0.2, 0.25) is 0 Å². The lowest BCUT2D eigenvalue weighted by atomic mass is 10.2. The highest BCUT2D eigenvalue weighted by atomic mass is 79.9. The topological polar surface area (TPSA) is 75.6 Å². The van der Waals surface area contributed by atoms with E-state index in [2.05, 4.69) is 21.2 Å². The van der Waals surface area contributed by atoms with Crippen LogP contribution in [0, 0.1) is 5.82 Å². The predicted octanol–water partition coefficient (Wildman–Crippen LogP) is 4.04. The van der Waals surface area contributed by atoms with Crippen molar-refractivity contribution in [1.82, 2.24) is 0 Å². The summed E-state index contributed by atoms with van der Waals surface area (Å²) in [5.41, 5.74) is 0.497. The second kappa shape index (κ2) is 7.04. The van der Waals surface area contributed by atoms with Crippen LogP contribution >= 0.6 is 15.9 Å². The van der Waals surface area contributed by atoms with Crippen molar-refractivity contribution in [3.63, 3.8) is 0 Å². The molecule has 1 amide bonds. The van der Waals surface area contributed by atoms with E-state index in [-0.39, 0.29) is 22.3 Å². The zero-order valence-electron chi connectivity index (χ0n) is 11.2. The van der Waals surface area contributed by atoms with E-state index in [1.807, 2.05) is 6.07 Å². The van der Waals surface area contributed by atoms with Gasteiger partial charge in [0.05, 0.1) is 15.7 Å². The molecule has 0 fully saturated rings. The highest BCUT2D eigenvalue weighted by Gasteiger charge is 2.15. The number of ether oxygens (including phenoxy) is 1. The number of carboxylic acids is 1. The van der Waals surface area contributed by atoms with Gasteiger partial charge in [0.15, 0.2) is 0 Å². The van der Waals surface area contributed by atoms with Crippen molar-refractivity contribution in [2.45, 2.75) is 6.61 Å². The molecular weight excluding hydrogens is 357 g/mol. The Balaban J connectivity index is 2.06. The molecule has 22 heavy (non-hydrogen) atoms. The maximum absolute atomic E-state index is 13.6. The summed E-state index contributed by atoms with van der Waals surface area (Å²) in [6, 6.07) is 11.0. The van der Waals surface area contributed by atoms with Crippen molar-refractivity contribution in [3.8, 4) is 0 Å². The van der Waals surface area contributed by atoms with E-state index in [1.54, 1.807) is 24.3 Å². The molecule has 2 aromatic carbocycles. The number of anilines is 1. The van der Waals surface area contributed by atoms with E-state index >= 15 is 0 Å². The summed E-state index contributed by atoms with van der Waals surface area (Å²) in [6.07, 6.45) is -0.813. The Labute approximate surface area is 133 Å². The number of aromatic carboxylic acids is 1. The highest BCUT2D eigenvalue weighted by molar-refractivity contribution is 9.10. The first-order valence-electron chi connectivity index (χ1n) is 6.17. The van der Waals surface area contributed by atoms with Gasteiger partial charge in [-0.25, -0.2) is 14.0 Å². The molecule has 0 bridgehead atoms. The minimum absolute atomic E-state index is 0.0181. The number of hydrogen-bond acceptors (Lipinski definition) is 3. The number of amides is 1. The quantitative estimate of drug-likeness (QED) is 0.854. The van der Waals surface area contributed by atoms with Crippen LogP contribution in [0.4, 0.5) is 14.9 Å². The lowest BCUT2D eigenvalue weighted by Gasteiger charge is -2.10. The summed E-state index contributed by atoms with van der Waals surface area (Å²) in [7, 11) is 0. The van der Waals surface area contributed by atoms with Gasteiger partial charge in [-0.2, -0.15) is 0 Å². The van der Waals surface area contributed by atoms with Crippen LogP contribution in [0.2, 0.25) is 0 Å². The number of hydrogen-bond donors (Lipinski definition) is 2. The van der Waals surface area contributed by atoms with Gasteiger partial charge in [-0.3, -0.25) is 5.32 Å². The molecule has 2 N–H and O–H groups in total. The van der Waals surface area contributed by atoms with Gasteiger partial charge in [0, 0.05) is 0 Å². The van der Waals surface area contributed by atoms with E-state index in [1.165, 1.54) is 0 Å². The monoisotopic (exact) mass is 367 g/mol. The number of carbonyl (C=O) groups is 2. The van der Waals surface area contributed by atoms with E-state index in [9.17, 15) is 14.0 Å². The first kappa shape index (κ1) is 16.0. The smallest absolute Gasteiger partial charge is 0.411 e. The summed E-state index contributed by atoms with van der Waals surface area (Å²) in [5, 5.41) is 11.2. The Hall–Kier alpha value is -2.41. The average molecular weight is 368 g/mol. The summed E-state index contributed by atoms with van der Waals surface area (Å²) in [6.45, 7) is 0.0470. The molecule has 0 aliphatic carbocycles. The molecule has 114 valence electrons. The van der Waals surface area contributed by atoms with Crippen LogP contribution in [0.5, 0.6) is 0 Å². The Morgan fingerprint density at radius 1 is 1.23 bits per heavy atom. The molecule has 0 unspecified atom stereocenters. The van der Waals surface area contributed by atoms with Crippen molar-refractivity contribution in [2.75, 3.05) is 5.32 Å². The Kier molecular flexibility index (Phi) is 5.11. The van der Waals surface area contributed by atoms with Crippen LogP contribution < -0.4 is 5.32 Å². The zero-order chi connectivity index (χ0) is 16.1. The van der Waals surface area contributed by atoms with Crippen molar-refractivity contribution >= 4 is 33.7 Å². The molecule has 0 saturated carbocycles. The van der Waals surface area contributed by atoms with E-state index in [0.29, 0.717) is 0 Å². The molecule has 0 aromatic heterocycles. The van der Waals surface area contributed by atoms with Crippen molar-refractivity contribution in [3.05, 3.63) is 63.9 Å². The Morgan fingerprint density at radius 3 is 2.55 bits per heavy atom. The summed E-state index contributed by atoms with van der Waals surface area (Å²) in [4.78, 5) is 22.6. The van der Waals surface area contributed by atoms with Crippen LogP contribution in [0.15, 0.2) is 46.9 Å². The van der Waals surface area contributed by atoms with Crippen LogP contribution in [0.1, 0.15) is 15.9 Å². The molecule has 0 saturated heterocycles. The molecule has 0 spiro atoms. The first-order valence-corrected chi connectivity index (χ1v) is 6.96. The van der Waals surface area contributed by atoms with E-state index in [4.69, 9.17) is 9.84 Å². The van der Waals surface area contributed by atoms with Gasteiger partial charge >= 0.3 is 12.1 Å². The maximum Gasteiger partial charge on any atom is 0.411 e. The molecule has 5 nitrogen and oxygen atoms in total. The molecular formula is C15H11BrFNO4. The lowest BCUT2D eigenvalue weighted by Crippen LogP contribution is -2.15. The van der Waals surface area contributed by atoms with Crippen molar-refractivity contribution in [2.24, 2.45) is 0 Å². The normalized spacial score (nSPS) is 10.1.